The van der Waals surface area contributed by atoms with Crippen LogP contribution >= 0.6 is 0 Å². The quantitative estimate of drug-likeness (QED) is 0.216. The summed E-state index contributed by atoms with van der Waals surface area (Å²) in [4.78, 5) is 39.8. The zero-order valence-electron chi connectivity index (χ0n) is 25.8. The van der Waals surface area contributed by atoms with Crippen molar-refractivity contribution >= 4 is 29.2 Å². The molecule has 226 valence electrons. The van der Waals surface area contributed by atoms with Gasteiger partial charge >= 0.3 is 5.97 Å². The van der Waals surface area contributed by atoms with Crippen LogP contribution in [0, 0.1) is 0 Å². The number of hydrogen-bond donors (Lipinski definition) is 1. The molecule has 5 rings (SSSR count). The lowest BCUT2D eigenvalue weighted by Crippen LogP contribution is -2.55. The third kappa shape index (κ3) is 6.23. The van der Waals surface area contributed by atoms with E-state index in [0.717, 1.165) is 27.9 Å². The maximum absolute atomic E-state index is 13.3. The second-order valence-corrected chi connectivity index (χ2v) is 11.9. The van der Waals surface area contributed by atoms with Crippen molar-refractivity contribution in [1.29, 1.82) is 0 Å². The smallest absolute Gasteiger partial charge is 0.344 e. The summed E-state index contributed by atoms with van der Waals surface area (Å²) in [6.45, 7) is 9.78. The maximum atomic E-state index is 13.3. The Bertz CT molecular complexity index is 1660. The van der Waals surface area contributed by atoms with Crippen LogP contribution in [0.4, 0.5) is 11.4 Å². The van der Waals surface area contributed by atoms with E-state index in [4.69, 9.17) is 9.47 Å². The van der Waals surface area contributed by atoms with Crippen molar-refractivity contribution in [1.82, 2.24) is 0 Å². The average molecular weight is 591 g/mol. The summed E-state index contributed by atoms with van der Waals surface area (Å²) >= 11 is 0. The van der Waals surface area contributed by atoms with Gasteiger partial charge in [0, 0.05) is 34.8 Å². The summed E-state index contributed by atoms with van der Waals surface area (Å²) < 4.78 is 10.6. The van der Waals surface area contributed by atoms with Crippen LogP contribution in [-0.4, -0.2) is 36.5 Å². The van der Waals surface area contributed by atoms with E-state index in [0.29, 0.717) is 30.0 Å². The van der Waals surface area contributed by atoms with Crippen LogP contribution in [0.25, 0.3) is 11.1 Å². The minimum Gasteiger partial charge on any atom is -0.482 e. The topological polar surface area (TPSA) is 84.9 Å². The van der Waals surface area contributed by atoms with Gasteiger partial charge in [0.2, 0.25) is 5.91 Å². The summed E-state index contributed by atoms with van der Waals surface area (Å²) in [7, 11) is 0. The first kappa shape index (κ1) is 30.5. The van der Waals surface area contributed by atoms with E-state index in [1.165, 1.54) is 0 Å². The van der Waals surface area contributed by atoms with Gasteiger partial charge in [0.25, 0.3) is 5.91 Å². The predicted octanol–water partition coefficient (Wildman–Crippen LogP) is 7.39. The summed E-state index contributed by atoms with van der Waals surface area (Å²) in [5.41, 5.74) is 5.12. The number of hydrogen-bond acceptors (Lipinski definition) is 5. The summed E-state index contributed by atoms with van der Waals surface area (Å²) in [6.07, 6.45) is 0.647. The van der Waals surface area contributed by atoms with Gasteiger partial charge in [-0.3, -0.25) is 9.59 Å². The molecule has 0 radical (unpaired) electrons. The zero-order chi connectivity index (χ0) is 31.5. The third-order valence-electron chi connectivity index (χ3n) is 8.20. The Kier molecular flexibility index (Phi) is 8.59. The van der Waals surface area contributed by atoms with Crippen molar-refractivity contribution in [2.75, 3.05) is 23.4 Å². The summed E-state index contributed by atoms with van der Waals surface area (Å²) in [6, 6.07) is 31.0. The van der Waals surface area contributed by atoms with E-state index in [1.807, 2.05) is 102 Å². The van der Waals surface area contributed by atoms with Crippen molar-refractivity contribution in [3.63, 3.8) is 0 Å². The molecule has 0 spiro atoms. The van der Waals surface area contributed by atoms with Crippen molar-refractivity contribution in [2.45, 2.75) is 52.0 Å². The minimum atomic E-state index is -0.497. The number of fused-ring (bicyclic) bond motifs is 1. The van der Waals surface area contributed by atoms with E-state index in [-0.39, 0.29) is 18.4 Å². The zero-order valence-corrected chi connectivity index (χ0v) is 25.8. The van der Waals surface area contributed by atoms with Crippen LogP contribution < -0.4 is 15.0 Å². The molecule has 0 bridgehead atoms. The lowest BCUT2D eigenvalue weighted by atomic mass is 9.65. The Morgan fingerprint density at radius 2 is 1.50 bits per heavy atom. The predicted molar refractivity (Wildman–Crippen MR) is 173 cm³/mol. The first-order valence-corrected chi connectivity index (χ1v) is 14.8. The molecule has 0 fully saturated rings. The molecule has 7 heteroatoms. The first-order chi connectivity index (χ1) is 21.0. The second kappa shape index (κ2) is 12.4. The van der Waals surface area contributed by atoms with Crippen LogP contribution in [0.3, 0.4) is 0 Å². The number of anilines is 2. The van der Waals surface area contributed by atoms with E-state index in [2.05, 4.69) is 26.1 Å². The van der Waals surface area contributed by atoms with Gasteiger partial charge in [-0.1, -0.05) is 61.5 Å². The highest BCUT2D eigenvalue weighted by Gasteiger charge is 2.47. The summed E-state index contributed by atoms with van der Waals surface area (Å²) in [5, 5.41) is 3.06. The molecule has 7 nitrogen and oxygen atoms in total. The number of nitrogens with one attached hydrogen (secondary N) is 1. The SMILES string of the molecule is CCOC(=O)COc1ccc(C2(C)CC(C)(C)N(C(C)=O)c3ccc(NC(=O)c4ccc(-c5ccccc5)cc4)cc32)cc1. The monoisotopic (exact) mass is 590 g/mol. The lowest BCUT2D eigenvalue weighted by Gasteiger charge is -2.51. The largest absolute Gasteiger partial charge is 0.482 e. The van der Waals surface area contributed by atoms with Crippen LogP contribution in [0.2, 0.25) is 0 Å². The van der Waals surface area contributed by atoms with E-state index >= 15 is 0 Å². The molecule has 2 amide bonds. The van der Waals surface area contributed by atoms with Crippen molar-refractivity contribution < 1.29 is 23.9 Å². The third-order valence-corrected chi connectivity index (χ3v) is 8.20. The lowest BCUT2D eigenvalue weighted by molar-refractivity contribution is -0.145. The highest BCUT2D eigenvalue weighted by molar-refractivity contribution is 6.05. The van der Waals surface area contributed by atoms with Gasteiger partial charge in [-0.25, -0.2) is 4.79 Å². The molecule has 0 saturated carbocycles. The molecule has 4 aromatic rings. The first-order valence-electron chi connectivity index (χ1n) is 14.8. The number of benzene rings is 4. The number of rotatable bonds is 8. The van der Waals surface area contributed by atoms with Gasteiger partial charge in [0.05, 0.1) is 6.61 Å². The molecule has 1 atom stereocenters. The average Bonchev–Trinajstić information content (AvgIpc) is 3.00. The van der Waals surface area contributed by atoms with E-state index in [1.54, 1.807) is 13.8 Å². The van der Waals surface area contributed by atoms with Crippen LogP contribution in [0.15, 0.2) is 97.1 Å². The molecule has 0 saturated heterocycles. The molecule has 0 aliphatic carbocycles. The van der Waals surface area contributed by atoms with E-state index < -0.39 is 16.9 Å². The highest BCUT2D eigenvalue weighted by atomic mass is 16.6. The molecule has 4 aromatic carbocycles. The van der Waals surface area contributed by atoms with Crippen LogP contribution in [0.5, 0.6) is 5.75 Å². The molecule has 1 unspecified atom stereocenters. The van der Waals surface area contributed by atoms with Gasteiger partial charge in [-0.15, -0.1) is 0 Å². The Hall–Kier alpha value is -4.91. The van der Waals surface area contributed by atoms with Crippen molar-refractivity contribution in [3.05, 3.63) is 114 Å². The van der Waals surface area contributed by atoms with Crippen molar-refractivity contribution in [3.8, 4) is 16.9 Å². The minimum absolute atomic E-state index is 0.0451. The molecule has 44 heavy (non-hydrogen) atoms. The fraction of sp³-hybridized carbons (Fsp3) is 0.270. The number of ether oxygens (including phenoxy) is 2. The number of esters is 1. The normalized spacial score (nSPS) is 16.9. The highest BCUT2D eigenvalue weighted by Crippen LogP contribution is 2.51. The number of amides is 2. The Morgan fingerprint density at radius 3 is 2.14 bits per heavy atom. The van der Waals surface area contributed by atoms with Crippen LogP contribution in [0.1, 0.15) is 62.5 Å². The number of carbonyl (C=O) groups excluding carboxylic acids is 3. The fourth-order valence-corrected chi connectivity index (χ4v) is 6.38. The number of carbonyl (C=O) groups is 3. The van der Waals surface area contributed by atoms with Gasteiger partial charge in [-0.2, -0.15) is 0 Å². The van der Waals surface area contributed by atoms with Crippen molar-refractivity contribution in [2.24, 2.45) is 0 Å². The molecular weight excluding hydrogens is 552 g/mol. The maximum Gasteiger partial charge on any atom is 0.344 e. The fourth-order valence-electron chi connectivity index (χ4n) is 6.38. The second-order valence-electron chi connectivity index (χ2n) is 11.9. The van der Waals surface area contributed by atoms with Gasteiger partial charge in [0.15, 0.2) is 6.61 Å². The van der Waals surface area contributed by atoms with Crippen LogP contribution in [-0.2, 0) is 19.7 Å². The molecule has 1 aliphatic heterocycles. The molecule has 0 aromatic heterocycles. The number of nitrogens with zero attached hydrogens (tertiary/aromatic N) is 1. The summed E-state index contributed by atoms with van der Waals surface area (Å²) in [5.74, 6) is -0.117. The van der Waals surface area contributed by atoms with Gasteiger partial charge in [-0.05, 0) is 91.9 Å². The van der Waals surface area contributed by atoms with Gasteiger partial charge in [0.1, 0.15) is 5.75 Å². The Morgan fingerprint density at radius 1 is 0.841 bits per heavy atom. The molecule has 1 heterocycles. The van der Waals surface area contributed by atoms with Gasteiger partial charge < -0.3 is 19.7 Å². The standard InChI is InChI=1S/C37H38N2O5/c1-6-43-34(41)23-44-31-19-16-29(17-20-31)37(5)24-36(3,4)39(25(2)40)33-21-18-30(22-32(33)37)38-35(42)28-14-12-27(13-15-28)26-10-8-7-9-11-26/h7-22H,6,23-24H2,1-5H3,(H,38,42). The molecular formula is C37H38N2O5. The molecule has 1 aliphatic rings. The van der Waals surface area contributed by atoms with E-state index in [9.17, 15) is 14.4 Å². The Balaban J connectivity index is 1.45. The molecule has 1 N–H and O–H groups in total. The Labute approximate surface area is 258 Å².